The Labute approximate surface area is 120 Å². The molecule has 2 rings (SSSR count). The van der Waals surface area contributed by atoms with Crippen molar-refractivity contribution in [3.63, 3.8) is 0 Å². The van der Waals surface area contributed by atoms with Crippen molar-refractivity contribution in [2.45, 2.75) is 17.2 Å². The van der Waals surface area contributed by atoms with Crippen molar-refractivity contribution in [1.29, 1.82) is 5.26 Å². The van der Waals surface area contributed by atoms with E-state index in [0.717, 1.165) is 11.3 Å². The van der Waals surface area contributed by atoms with Crippen LogP contribution in [0.3, 0.4) is 0 Å². The molecule has 0 radical (unpaired) electrons. The number of hydrogen-bond acceptors (Lipinski definition) is 4. The zero-order valence-electron chi connectivity index (χ0n) is 10.5. The first kappa shape index (κ1) is 14.7. The monoisotopic (exact) mass is 310 g/mol. The highest BCUT2D eigenvalue weighted by molar-refractivity contribution is 7.91. The standard InChI is InChI=1S/C13H11FN2O2S2/c1-9(10-3-2-4-11(14)7-10)16-20(17,18)13-6-5-12(8-15)19-13/h2-7,9,16H,1H3. The molecule has 1 aromatic carbocycles. The van der Waals surface area contributed by atoms with Gasteiger partial charge in [0.05, 0.1) is 0 Å². The molecule has 7 heteroatoms. The fourth-order valence-corrected chi connectivity index (χ4v) is 4.01. The minimum atomic E-state index is -3.71. The number of hydrogen-bond donors (Lipinski definition) is 1. The van der Waals surface area contributed by atoms with Gasteiger partial charge in [0.25, 0.3) is 10.0 Å². The molecular formula is C13H11FN2O2S2. The lowest BCUT2D eigenvalue weighted by molar-refractivity contribution is 0.566. The number of benzene rings is 1. The van der Waals surface area contributed by atoms with Gasteiger partial charge in [0.2, 0.25) is 0 Å². The lowest BCUT2D eigenvalue weighted by atomic mass is 10.1. The number of rotatable bonds is 4. The SMILES string of the molecule is CC(NS(=O)(=O)c1ccc(C#N)s1)c1cccc(F)c1. The number of sulfonamides is 1. The maximum absolute atomic E-state index is 13.1. The topological polar surface area (TPSA) is 70.0 Å². The molecule has 2 aromatic rings. The van der Waals surface area contributed by atoms with Crippen LogP contribution in [0.15, 0.2) is 40.6 Å². The van der Waals surface area contributed by atoms with Gasteiger partial charge in [0.15, 0.2) is 0 Å². The Kier molecular flexibility index (Phi) is 4.18. The molecule has 4 nitrogen and oxygen atoms in total. The molecule has 0 aliphatic rings. The Morgan fingerprint density at radius 2 is 2.10 bits per heavy atom. The van der Waals surface area contributed by atoms with E-state index in [-0.39, 0.29) is 4.21 Å². The van der Waals surface area contributed by atoms with Crippen LogP contribution in [0.4, 0.5) is 4.39 Å². The van der Waals surface area contributed by atoms with E-state index in [2.05, 4.69) is 4.72 Å². The first-order valence-corrected chi connectivity index (χ1v) is 8.00. The molecule has 0 amide bonds. The zero-order chi connectivity index (χ0) is 14.8. The van der Waals surface area contributed by atoms with Gasteiger partial charge in [-0.25, -0.2) is 17.5 Å². The van der Waals surface area contributed by atoms with Crippen LogP contribution >= 0.6 is 11.3 Å². The molecule has 0 spiro atoms. The minimum Gasteiger partial charge on any atom is -0.207 e. The van der Waals surface area contributed by atoms with Gasteiger partial charge < -0.3 is 0 Å². The third-order valence-electron chi connectivity index (χ3n) is 2.64. The highest BCUT2D eigenvalue weighted by atomic mass is 32.2. The summed E-state index contributed by atoms with van der Waals surface area (Å²) in [5.41, 5.74) is 0.533. The number of halogens is 1. The molecule has 0 aliphatic carbocycles. The van der Waals surface area contributed by atoms with Crippen molar-refractivity contribution in [3.05, 3.63) is 52.7 Å². The largest absolute Gasteiger partial charge is 0.250 e. The molecule has 0 fully saturated rings. The van der Waals surface area contributed by atoms with E-state index in [1.165, 1.54) is 30.3 Å². The maximum atomic E-state index is 13.1. The predicted octanol–water partition coefficient (Wildman–Crippen LogP) is 2.80. The average Bonchev–Trinajstić information content (AvgIpc) is 2.87. The first-order chi connectivity index (χ1) is 9.42. The summed E-state index contributed by atoms with van der Waals surface area (Å²) in [5.74, 6) is -0.420. The van der Waals surface area contributed by atoms with E-state index in [4.69, 9.17) is 5.26 Å². The quantitative estimate of drug-likeness (QED) is 0.944. The molecule has 1 heterocycles. The Morgan fingerprint density at radius 1 is 1.35 bits per heavy atom. The minimum absolute atomic E-state index is 0.0669. The van der Waals surface area contributed by atoms with Gasteiger partial charge in [-0.2, -0.15) is 5.26 Å². The fourth-order valence-electron chi connectivity index (χ4n) is 1.66. The maximum Gasteiger partial charge on any atom is 0.250 e. The Bertz CT molecular complexity index is 763. The number of nitriles is 1. The van der Waals surface area contributed by atoms with E-state index < -0.39 is 21.9 Å². The second kappa shape index (κ2) is 5.71. The van der Waals surface area contributed by atoms with Gasteiger partial charge >= 0.3 is 0 Å². The Balaban J connectivity index is 2.22. The summed E-state index contributed by atoms with van der Waals surface area (Å²) in [6.45, 7) is 1.63. The summed E-state index contributed by atoms with van der Waals surface area (Å²) in [4.78, 5) is 0.323. The van der Waals surface area contributed by atoms with E-state index in [9.17, 15) is 12.8 Å². The van der Waals surface area contributed by atoms with Crippen molar-refractivity contribution in [2.75, 3.05) is 0 Å². The van der Waals surface area contributed by atoms with Crippen LogP contribution in [0.1, 0.15) is 23.4 Å². The van der Waals surface area contributed by atoms with Crippen LogP contribution < -0.4 is 4.72 Å². The lowest BCUT2D eigenvalue weighted by Gasteiger charge is -2.13. The second-order valence-corrected chi connectivity index (χ2v) is 7.15. The third-order valence-corrected chi connectivity index (χ3v) is 5.66. The summed E-state index contributed by atoms with van der Waals surface area (Å²) >= 11 is 0.894. The summed E-state index contributed by atoms with van der Waals surface area (Å²) < 4.78 is 39.9. The molecule has 1 unspecified atom stereocenters. The Hall–Kier alpha value is -1.75. The van der Waals surface area contributed by atoms with E-state index in [1.807, 2.05) is 6.07 Å². The van der Waals surface area contributed by atoms with Crippen LogP contribution in [0.2, 0.25) is 0 Å². The fraction of sp³-hybridized carbons (Fsp3) is 0.154. The van der Waals surface area contributed by atoms with E-state index >= 15 is 0 Å². The van der Waals surface area contributed by atoms with E-state index in [0.29, 0.717) is 10.4 Å². The van der Waals surface area contributed by atoms with Crippen LogP contribution in [0.25, 0.3) is 0 Å². The molecule has 0 bridgehead atoms. The molecule has 0 saturated heterocycles. The number of nitrogens with zero attached hydrogens (tertiary/aromatic N) is 1. The molecule has 1 atom stereocenters. The molecule has 20 heavy (non-hydrogen) atoms. The molecule has 1 aromatic heterocycles. The summed E-state index contributed by atoms with van der Waals surface area (Å²) in [6, 6.07) is 9.89. The molecule has 0 aliphatic heterocycles. The van der Waals surface area contributed by atoms with Gasteiger partial charge in [0.1, 0.15) is 21.0 Å². The average molecular weight is 310 g/mol. The predicted molar refractivity (Wildman–Crippen MR) is 74.2 cm³/mol. The summed E-state index contributed by atoms with van der Waals surface area (Å²) in [5, 5.41) is 8.71. The highest BCUT2D eigenvalue weighted by Crippen LogP contribution is 2.23. The lowest BCUT2D eigenvalue weighted by Crippen LogP contribution is -2.26. The van der Waals surface area contributed by atoms with E-state index in [1.54, 1.807) is 13.0 Å². The van der Waals surface area contributed by atoms with Gasteiger partial charge in [-0.1, -0.05) is 12.1 Å². The van der Waals surface area contributed by atoms with Crippen LogP contribution in [0, 0.1) is 17.1 Å². The van der Waals surface area contributed by atoms with Crippen molar-refractivity contribution >= 4 is 21.4 Å². The van der Waals surface area contributed by atoms with Crippen molar-refractivity contribution in [1.82, 2.24) is 4.72 Å². The van der Waals surface area contributed by atoms with Gasteiger partial charge in [-0.3, -0.25) is 0 Å². The molecule has 104 valence electrons. The Morgan fingerprint density at radius 3 is 2.70 bits per heavy atom. The first-order valence-electron chi connectivity index (χ1n) is 5.70. The van der Waals surface area contributed by atoms with Gasteiger partial charge in [-0.15, -0.1) is 11.3 Å². The van der Waals surface area contributed by atoms with Crippen molar-refractivity contribution in [3.8, 4) is 6.07 Å². The normalized spacial score (nSPS) is 12.8. The van der Waals surface area contributed by atoms with Crippen molar-refractivity contribution < 1.29 is 12.8 Å². The van der Waals surface area contributed by atoms with Crippen LogP contribution in [0.5, 0.6) is 0 Å². The van der Waals surface area contributed by atoms with Crippen LogP contribution in [-0.2, 0) is 10.0 Å². The molecular weight excluding hydrogens is 299 g/mol. The number of thiophene rings is 1. The summed E-state index contributed by atoms with van der Waals surface area (Å²) in [7, 11) is -3.71. The second-order valence-electron chi connectivity index (χ2n) is 4.13. The highest BCUT2D eigenvalue weighted by Gasteiger charge is 2.20. The smallest absolute Gasteiger partial charge is 0.207 e. The van der Waals surface area contributed by atoms with Gasteiger partial charge in [-0.05, 0) is 36.8 Å². The third kappa shape index (κ3) is 3.22. The zero-order valence-corrected chi connectivity index (χ0v) is 12.1. The molecule has 1 N–H and O–H groups in total. The number of nitrogens with one attached hydrogen (secondary N) is 1. The van der Waals surface area contributed by atoms with Crippen LogP contribution in [-0.4, -0.2) is 8.42 Å². The van der Waals surface area contributed by atoms with Gasteiger partial charge in [0, 0.05) is 6.04 Å². The molecule has 0 saturated carbocycles. The summed E-state index contributed by atoms with van der Waals surface area (Å²) in [6.07, 6.45) is 0. The van der Waals surface area contributed by atoms with Crippen molar-refractivity contribution in [2.24, 2.45) is 0 Å².